The Kier molecular flexibility index (Phi) is 7.40. The molecule has 1 aromatic carbocycles. The molecule has 0 saturated carbocycles. The number of amides is 3. The Balaban J connectivity index is 1.75. The molecule has 3 rings (SSSR count). The topological polar surface area (TPSA) is 92.8 Å². The molecule has 10 heteroatoms. The summed E-state index contributed by atoms with van der Waals surface area (Å²) in [6.07, 6.45) is -0.826. The monoisotopic (exact) mass is 510 g/mol. The van der Waals surface area contributed by atoms with E-state index in [1.54, 1.807) is 23.1 Å². The van der Waals surface area contributed by atoms with Gasteiger partial charge in [-0.05, 0) is 54.9 Å². The first-order valence-electron chi connectivity index (χ1n) is 9.71. The summed E-state index contributed by atoms with van der Waals surface area (Å²) in [6.45, 7) is 6.57. The molecule has 1 fully saturated rings. The van der Waals surface area contributed by atoms with Crippen molar-refractivity contribution in [1.82, 2.24) is 9.88 Å². The minimum Gasteiger partial charge on any atom is -0.444 e. The average molecular weight is 512 g/mol. The number of carbonyl (C=O) groups is 2. The molecule has 1 unspecified atom stereocenters. The number of anilines is 2. The fraction of sp³-hybridized carbons (Fsp3) is 0.381. The van der Waals surface area contributed by atoms with E-state index in [0.29, 0.717) is 35.7 Å². The fourth-order valence-corrected chi connectivity index (χ4v) is 3.65. The van der Waals surface area contributed by atoms with Gasteiger partial charge in [0.2, 0.25) is 0 Å². The van der Waals surface area contributed by atoms with E-state index in [-0.39, 0.29) is 5.15 Å². The third-order valence-electron chi connectivity index (χ3n) is 4.31. The van der Waals surface area contributed by atoms with E-state index in [1.165, 1.54) is 0 Å². The zero-order chi connectivity index (χ0) is 22.6. The van der Waals surface area contributed by atoms with Crippen molar-refractivity contribution >= 4 is 51.2 Å². The molecule has 31 heavy (non-hydrogen) atoms. The van der Waals surface area contributed by atoms with Crippen LogP contribution < -0.4 is 10.6 Å². The summed E-state index contributed by atoms with van der Waals surface area (Å²) in [6, 6.07) is 9.96. The minimum absolute atomic E-state index is 0.275. The third-order valence-corrected chi connectivity index (χ3v) is 5.18. The van der Waals surface area contributed by atoms with Crippen LogP contribution >= 0.6 is 27.5 Å². The van der Waals surface area contributed by atoms with E-state index in [9.17, 15) is 9.59 Å². The molecule has 1 saturated heterocycles. The molecule has 1 aliphatic rings. The molecule has 0 aliphatic carbocycles. The molecule has 2 N–H and O–H groups in total. The number of nitrogens with zero attached hydrogens (tertiary/aromatic N) is 2. The molecule has 3 amide bonds. The third kappa shape index (κ3) is 6.56. The quantitative estimate of drug-likeness (QED) is 0.535. The van der Waals surface area contributed by atoms with Gasteiger partial charge < -0.3 is 19.7 Å². The number of urea groups is 1. The highest BCUT2D eigenvalue weighted by molar-refractivity contribution is 9.10. The number of benzene rings is 1. The molecule has 1 aromatic heterocycles. The van der Waals surface area contributed by atoms with Gasteiger partial charge in [0.15, 0.2) is 0 Å². The molecule has 1 atom stereocenters. The fourth-order valence-electron chi connectivity index (χ4n) is 3.01. The number of pyridine rings is 1. The van der Waals surface area contributed by atoms with Gasteiger partial charge in [-0.3, -0.25) is 5.32 Å². The van der Waals surface area contributed by atoms with Crippen molar-refractivity contribution < 1.29 is 19.1 Å². The smallest absolute Gasteiger partial charge is 0.410 e. The zero-order valence-electron chi connectivity index (χ0n) is 17.4. The van der Waals surface area contributed by atoms with Gasteiger partial charge >= 0.3 is 12.1 Å². The van der Waals surface area contributed by atoms with Crippen LogP contribution in [0, 0.1) is 0 Å². The number of hydrogen-bond acceptors (Lipinski definition) is 5. The minimum atomic E-state index is -0.583. The molecule has 166 valence electrons. The van der Waals surface area contributed by atoms with Gasteiger partial charge in [0, 0.05) is 16.6 Å². The summed E-state index contributed by atoms with van der Waals surface area (Å²) >= 11 is 9.35. The van der Waals surface area contributed by atoms with Crippen LogP contribution in [0.1, 0.15) is 32.4 Å². The number of para-hydroxylation sites is 1. The van der Waals surface area contributed by atoms with E-state index >= 15 is 0 Å². The number of aromatic nitrogens is 1. The van der Waals surface area contributed by atoms with Gasteiger partial charge in [-0.1, -0.05) is 29.8 Å². The van der Waals surface area contributed by atoms with Crippen molar-refractivity contribution in [3.05, 3.63) is 51.6 Å². The molecule has 0 bridgehead atoms. The summed E-state index contributed by atoms with van der Waals surface area (Å²) in [5.41, 5.74) is 0.690. The molecular weight excluding hydrogens is 488 g/mol. The second-order valence-corrected chi connectivity index (χ2v) is 9.16. The molecule has 8 nitrogen and oxygen atoms in total. The van der Waals surface area contributed by atoms with Gasteiger partial charge in [-0.15, -0.1) is 0 Å². The Morgan fingerprint density at radius 1 is 1.23 bits per heavy atom. The van der Waals surface area contributed by atoms with Crippen LogP contribution in [0.3, 0.4) is 0 Å². The van der Waals surface area contributed by atoms with Crippen LogP contribution in [0.5, 0.6) is 0 Å². The Labute approximate surface area is 194 Å². The molecular formula is C21H24BrClN4O4. The number of hydrogen-bond donors (Lipinski definition) is 2. The summed E-state index contributed by atoms with van der Waals surface area (Å²) in [4.78, 5) is 30.7. The Morgan fingerprint density at radius 3 is 2.68 bits per heavy atom. The lowest BCUT2D eigenvalue weighted by atomic mass is 10.1. The standard InChI is InChI=1S/C21H24BrClN4O4/c1-21(2,3)31-20(29)27-10-11-30-15(12-27)13-6-4-7-14(22)18(13)26-19(28)25-17-9-5-8-16(23)24-17/h4-9,15H,10-12H2,1-3H3,(H2,24,25,26,28). The van der Waals surface area contributed by atoms with Crippen LogP contribution in [0.2, 0.25) is 5.15 Å². The Bertz CT molecular complexity index is 967. The highest BCUT2D eigenvalue weighted by atomic mass is 79.9. The SMILES string of the molecule is CC(C)(C)OC(=O)N1CCOC(c2cccc(Br)c2NC(=O)Nc2cccc(Cl)n2)C1. The number of nitrogens with one attached hydrogen (secondary N) is 2. The first-order chi connectivity index (χ1) is 14.6. The number of carbonyl (C=O) groups excluding carboxylic acids is 2. The van der Waals surface area contributed by atoms with Crippen LogP contribution in [-0.4, -0.2) is 47.3 Å². The lowest BCUT2D eigenvalue weighted by Gasteiger charge is -2.35. The Morgan fingerprint density at radius 2 is 1.97 bits per heavy atom. The molecule has 0 spiro atoms. The summed E-state index contributed by atoms with van der Waals surface area (Å²) in [5.74, 6) is 0.323. The lowest BCUT2D eigenvalue weighted by molar-refractivity contribution is -0.0430. The summed E-state index contributed by atoms with van der Waals surface area (Å²) < 4.78 is 12.1. The van der Waals surface area contributed by atoms with Gasteiger partial charge in [-0.25, -0.2) is 14.6 Å². The molecule has 2 aromatic rings. The van der Waals surface area contributed by atoms with E-state index in [4.69, 9.17) is 21.1 Å². The summed E-state index contributed by atoms with van der Waals surface area (Å²) in [7, 11) is 0. The lowest BCUT2D eigenvalue weighted by Crippen LogP contribution is -2.44. The predicted octanol–water partition coefficient (Wildman–Crippen LogP) is 5.45. The van der Waals surface area contributed by atoms with Crippen LogP contribution in [0.15, 0.2) is 40.9 Å². The second-order valence-electron chi connectivity index (χ2n) is 7.91. The Hall–Kier alpha value is -2.36. The van der Waals surface area contributed by atoms with Gasteiger partial charge in [-0.2, -0.15) is 0 Å². The van der Waals surface area contributed by atoms with E-state index < -0.39 is 23.8 Å². The average Bonchev–Trinajstić information content (AvgIpc) is 2.68. The molecule has 1 aliphatic heterocycles. The van der Waals surface area contributed by atoms with Crippen molar-refractivity contribution in [2.45, 2.75) is 32.5 Å². The van der Waals surface area contributed by atoms with Gasteiger partial charge in [0.25, 0.3) is 0 Å². The second kappa shape index (κ2) is 9.84. The number of halogens is 2. The normalized spacial score (nSPS) is 16.5. The maximum Gasteiger partial charge on any atom is 0.410 e. The van der Waals surface area contributed by atoms with E-state index in [1.807, 2.05) is 39.0 Å². The predicted molar refractivity (Wildman–Crippen MR) is 123 cm³/mol. The number of ether oxygens (including phenoxy) is 2. The highest BCUT2D eigenvalue weighted by Crippen LogP contribution is 2.34. The first-order valence-corrected chi connectivity index (χ1v) is 10.9. The maximum atomic E-state index is 12.6. The largest absolute Gasteiger partial charge is 0.444 e. The van der Waals surface area contributed by atoms with Crippen LogP contribution in [0.25, 0.3) is 0 Å². The maximum absolute atomic E-state index is 12.6. The summed E-state index contributed by atoms with van der Waals surface area (Å²) in [5, 5.41) is 5.76. The van der Waals surface area contributed by atoms with Crippen molar-refractivity contribution in [1.29, 1.82) is 0 Å². The van der Waals surface area contributed by atoms with Gasteiger partial charge in [0.05, 0.1) is 18.8 Å². The number of morpholine rings is 1. The van der Waals surface area contributed by atoms with Crippen LogP contribution in [0.4, 0.5) is 21.1 Å². The van der Waals surface area contributed by atoms with Crippen molar-refractivity contribution in [2.24, 2.45) is 0 Å². The van der Waals surface area contributed by atoms with Crippen molar-refractivity contribution in [2.75, 3.05) is 30.3 Å². The zero-order valence-corrected chi connectivity index (χ0v) is 19.8. The van der Waals surface area contributed by atoms with Gasteiger partial charge in [0.1, 0.15) is 22.7 Å². The molecule has 0 radical (unpaired) electrons. The number of rotatable bonds is 3. The van der Waals surface area contributed by atoms with Crippen molar-refractivity contribution in [3.8, 4) is 0 Å². The van der Waals surface area contributed by atoms with E-state index in [0.717, 1.165) is 5.56 Å². The van der Waals surface area contributed by atoms with Crippen molar-refractivity contribution in [3.63, 3.8) is 0 Å². The van der Waals surface area contributed by atoms with E-state index in [2.05, 4.69) is 31.5 Å². The first kappa shape index (κ1) is 23.3. The highest BCUT2D eigenvalue weighted by Gasteiger charge is 2.30. The molecule has 2 heterocycles. The van der Waals surface area contributed by atoms with Crippen LogP contribution in [-0.2, 0) is 9.47 Å².